The minimum Gasteiger partial charge on any atom is -0.477 e. The second-order valence-corrected chi connectivity index (χ2v) is 17.0. The monoisotopic (exact) mass is 799 g/mol. The Kier molecular flexibility index (Phi) is 13.5. The number of rotatable bonds is 15. The molecule has 2 aromatic rings. The Morgan fingerprint density at radius 2 is 1.79 bits per heavy atom. The van der Waals surface area contributed by atoms with Gasteiger partial charge in [-0.25, -0.2) is 19.4 Å². The number of hydrogen-bond acceptors (Lipinski definition) is 17. The van der Waals surface area contributed by atoms with E-state index >= 15 is 0 Å². The first-order valence-corrected chi connectivity index (χ1v) is 19.1. The molecule has 0 aromatic carbocycles. The van der Waals surface area contributed by atoms with Crippen LogP contribution in [0.2, 0.25) is 0 Å². The van der Waals surface area contributed by atoms with E-state index in [1.54, 1.807) is 41.5 Å². The Morgan fingerprint density at radius 3 is 2.44 bits per heavy atom. The zero-order valence-electron chi connectivity index (χ0n) is 28.8. The molecule has 2 aliphatic rings. The predicted molar refractivity (Wildman–Crippen MR) is 192 cm³/mol. The maximum atomic E-state index is 13.5. The van der Waals surface area contributed by atoms with E-state index in [2.05, 4.69) is 41.6 Å². The summed E-state index contributed by atoms with van der Waals surface area (Å²) in [5.74, 6) is -2.32. The van der Waals surface area contributed by atoms with Crippen LogP contribution in [0.15, 0.2) is 26.1 Å². The van der Waals surface area contributed by atoms with E-state index in [0.29, 0.717) is 21.3 Å². The first-order valence-electron chi connectivity index (χ1n) is 15.4. The number of nitrogens with zero attached hydrogens (tertiary/aromatic N) is 5. The average molecular weight is 800 g/mol. The fourth-order valence-electron chi connectivity index (χ4n) is 4.31. The maximum Gasteiger partial charge on any atom is 0.408 e. The van der Waals surface area contributed by atoms with Gasteiger partial charge in [0.25, 0.3) is 11.8 Å². The molecule has 5 amide bonds. The molecule has 4 heterocycles. The van der Waals surface area contributed by atoms with Crippen molar-refractivity contribution >= 4 is 93.4 Å². The van der Waals surface area contributed by atoms with E-state index in [-0.39, 0.29) is 53.4 Å². The van der Waals surface area contributed by atoms with Gasteiger partial charge in [-0.2, -0.15) is 0 Å². The van der Waals surface area contributed by atoms with Crippen LogP contribution in [0.3, 0.4) is 0 Å². The molecule has 282 valence electrons. The van der Waals surface area contributed by atoms with Crippen molar-refractivity contribution in [2.24, 2.45) is 5.16 Å². The number of ether oxygens (including phenoxy) is 2. The van der Waals surface area contributed by atoms with Gasteiger partial charge in [0.05, 0.1) is 13.1 Å². The number of anilines is 1. The van der Waals surface area contributed by atoms with Gasteiger partial charge in [-0.15, -0.1) is 33.3 Å². The van der Waals surface area contributed by atoms with Crippen molar-refractivity contribution in [2.45, 2.75) is 75.0 Å². The van der Waals surface area contributed by atoms with Crippen molar-refractivity contribution in [3.05, 3.63) is 27.4 Å². The van der Waals surface area contributed by atoms with Crippen LogP contribution in [-0.4, -0.2) is 115 Å². The number of aromatic nitrogens is 3. The lowest BCUT2D eigenvalue weighted by Gasteiger charge is -2.49. The number of carboxylic acid groups (broad SMARTS) is 1. The summed E-state index contributed by atoms with van der Waals surface area (Å²) in [6, 6.07) is -1.09. The van der Waals surface area contributed by atoms with Crippen molar-refractivity contribution < 1.29 is 48.2 Å². The highest BCUT2D eigenvalue weighted by atomic mass is 32.2. The van der Waals surface area contributed by atoms with Crippen LogP contribution in [0.5, 0.6) is 0 Å². The largest absolute Gasteiger partial charge is 0.477 e. The Balaban J connectivity index is 1.38. The van der Waals surface area contributed by atoms with Crippen LogP contribution in [0, 0.1) is 0 Å². The normalized spacial score (nSPS) is 17.4. The molecule has 0 radical (unpaired) electrons. The highest BCUT2D eigenvalue weighted by molar-refractivity contribution is 8.01. The Bertz CT molecular complexity index is 1750. The number of thiazole rings is 1. The van der Waals surface area contributed by atoms with Gasteiger partial charge in [-0.3, -0.25) is 19.3 Å². The van der Waals surface area contributed by atoms with Gasteiger partial charge in [0, 0.05) is 16.9 Å². The third kappa shape index (κ3) is 11.3. The van der Waals surface area contributed by atoms with Crippen LogP contribution in [0.1, 0.15) is 52.2 Å². The molecule has 0 aliphatic carbocycles. The molecule has 23 heteroatoms. The predicted octanol–water partition coefficient (Wildman–Crippen LogP) is 2.36. The number of carbonyl (C=O) groups is 6. The van der Waals surface area contributed by atoms with Crippen molar-refractivity contribution in [3.63, 3.8) is 0 Å². The molecule has 1 fully saturated rings. The summed E-state index contributed by atoms with van der Waals surface area (Å²) in [5.41, 5.74) is -1.33. The highest BCUT2D eigenvalue weighted by Gasteiger charge is 2.54. The number of alkyl carbamates (subject to hydrolysis) is 2. The van der Waals surface area contributed by atoms with Gasteiger partial charge in [0.1, 0.15) is 45.6 Å². The second kappa shape index (κ2) is 17.4. The van der Waals surface area contributed by atoms with Crippen molar-refractivity contribution in [2.75, 3.05) is 30.0 Å². The average Bonchev–Trinajstić information content (AvgIpc) is 3.70. The smallest absolute Gasteiger partial charge is 0.408 e. The number of carbonyl (C=O) groups excluding carboxylic acids is 5. The molecule has 19 nitrogen and oxygen atoms in total. The van der Waals surface area contributed by atoms with E-state index < -0.39 is 52.6 Å². The standard InChI is InChI=1S/C29H37N9O10S4/c1-28(2,3)47-25(44)30-7-8-46-37-17(15-12-50-24(33-15)32-13-39)20(40)34-18-21(41)38-19(23(42)43)14(10-49-22(18)38)11-51-27-36-35-16(52-27)9-31-26(45)48-29(4,5)6/h12-13,18,22H,7-11H2,1-6H3,(H,30,44)(H,31,45)(H,34,40)(H,42,43)(H,32,33,39)/t18?,22-/m0/s1. The highest BCUT2D eigenvalue weighted by Crippen LogP contribution is 2.42. The molecule has 0 spiro atoms. The quantitative estimate of drug-likeness (QED) is 0.0433. The van der Waals surface area contributed by atoms with Crippen LogP contribution < -0.4 is 21.3 Å². The summed E-state index contributed by atoms with van der Waals surface area (Å²) in [7, 11) is 0. The number of nitrogens with one attached hydrogen (secondary N) is 4. The molecular weight excluding hydrogens is 763 g/mol. The summed E-state index contributed by atoms with van der Waals surface area (Å²) in [4.78, 5) is 84.4. The lowest BCUT2D eigenvalue weighted by Crippen LogP contribution is -2.71. The topological polar surface area (TPSA) is 253 Å². The zero-order valence-corrected chi connectivity index (χ0v) is 32.1. The summed E-state index contributed by atoms with van der Waals surface area (Å²) < 4.78 is 10.9. The Labute approximate surface area is 314 Å². The van der Waals surface area contributed by atoms with Gasteiger partial charge >= 0.3 is 18.2 Å². The molecule has 2 aliphatic heterocycles. The van der Waals surface area contributed by atoms with E-state index in [1.165, 1.54) is 40.2 Å². The second-order valence-electron chi connectivity index (χ2n) is 12.7. The maximum absolute atomic E-state index is 13.5. The number of hydrogen-bond donors (Lipinski definition) is 5. The fraction of sp³-hybridized carbons (Fsp3) is 0.517. The number of amides is 5. The molecule has 0 bridgehead atoms. The Morgan fingerprint density at radius 1 is 1.10 bits per heavy atom. The lowest BCUT2D eigenvalue weighted by molar-refractivity contribution is -0.150. The lowest BCUT2D eigenvalue weighted by atomic mass is 10.0. The molecule has 2 atom stereocenters. The molecule has 52 heavy (non-hydrogen) atoms. The van der Waals surface area contributed by atoms with Gasteiger partial charge in [0.15, 0.2) is 15.2 Å². The summed E-state index contributed by atoms with van der Waals surface area (Å²) in [6.07, 6.45) is -0.852. The Hall–Kier alpha value is -4.48. The molecular formula is C29H37N9O10S4. The molecule has 2 aromatic heterocycles. The van der Waals surface area contributed by atoms with Crippen molar-refractivity contribution in [1.82, 2.24) is 36.0 Å². The molecule has 1 unspecified atom stereocenters. The van der Waals surface area contributed by atoms with Crippen LogP contribution >= 0.6 is 46.2 Å². The van der Waals surface area contributed by atoms with E-state index in [9.17, 15) is 33.9 Å². The minimum atomic E-state index is -1.30. The third-order valence-corrected chi connectivity index (χ3v) is 10.6. The molecule has 5 N–H and O–H groups in total. The number of carboxylic acids is 1. The summed E-state index contributed by atoms with van der Waals surface area (Å²) in [6.45, 7) is 10.3. The minimum absolute atomic E-state index is 0.00639. The fourth-order valence-corrected chi connectivity index (χ4v) is 8.28. The SMILES string of the molecule is CC(C)(C)OC(=O)NCCON=C(C(=O)NC1C(=O)N2C(C(=O)O)=C(CSc3nnc(CNC(=O)OC(C)(C)C)s3)CS[C@@H]12)c1csc(NC=O)n1. The zero-order chi connectivity index (χ0) is 38.2. The van der Waals surface area contributed by atoms with Crippen LogP contribution in [0.25, 0.3) is 0 Å². The van der Waals surface area contributed by atoms with Crippen LogP contribution in [-0.2, 0) is 40.0 Å². The molecule has 4 rings (SSSR count). The van der Waals surface area contributed by atoms with Gasteiger partial charge < -0.3 is 40.7 Å². The van der Waals surface area contributed by atoms with E-state index in [4.69, 9.17) is 14.3 Å². The van der Waals surface area contributed by atoms with Gasteiger partial charge in [0.2, 0.25) is 6.41 Å². The van der Waals surface area contributed by atoms with Gasteiger partial charge in [-0.1, -0.05) is 28.3 Å². The number of β-lactam (4-membered cyclic amide) rings is 1. The number of oxime groups is 1. The molecule has 1 saturated heterocycles. The first kappa shape index (κ1) is 40.3. The van der Waals surface area contributed by atoms with Gasteiger partial charge in [-0.05, 0) is 47.1 Å². The van der Waals surface area contributed by atoms with E-state index in [0.717, 1.165) is 16.2 Å². The van der Waals surface area contributed by atoms with Crippen molar-refractivity contribution in [1.29, 1.82) is 0 Å². The number of aliphatic carboxylic acids is 1. The van der Waals surface area contributed by atoms with Crippen molar-refractivity contribution in [3.8, 4) is 0 Å². The molecule has 0 saturated carbocycles. The third-order valence-electron chi connectivity index (χ3n) is 6.30. The summed E-state index contributed by atoms with van der Waals surface area (Å²) in [5, 5.41) is 33.6. The van der Waals surface area contributed by atoms with Crippen LogP contribution in [0.4, 0.5) is 14.7 Å². The summed E-state index contributed by atoms with van der Waals surface area (Å²) >= 11 is 4.76. The first-order chi connectivity index (χ1) is 24.5. The number of thioether (sulfide) groups is 2. The van der Waals surface area contributed by atoms with E-state index in [1.807, 2.05) is 0 Å². The number of fused-ring (bicyclic) bond motifs is 1.